The van der Waals surface area contributed by atoms with Gasteiger partial charge in [-0.25, -0.2) is 0 Å². The summed E-state index contributed by atoms with van der Waals surface area (Å²) in [5, 5.41) is 0.656. The molecule has 1 rings (SSSR count). The maximum atomic E-state index is 12.5. The summed E-state index contributed by atoms with van der Waals surface area (Å²) in [6.07, 6.45) is 3.31. The molecular weight excluding hydrogens is 256 g/mol. The summed E-state index contributed by atoms with van der Waals surface area (Å²) < 4.78 is 0. The maximum Gasteiger partial charge on any atom is 0.125 e. The molecule has 0 saturated heterocycles. The zero-order valence-electron chi connectivity index (χ0n) is 11.9. The van der Waals surface area contributed by atoms with Gasteiger partial charge in [0, 0.05) is 4.90 Å². The number of carbonyl (C=O) groups is 1. The first-order valence-corrected chi connectivity index (χ1v) is 11.1. The van der Waals surface area contributed by atoms with Crippen molar-refractivity contribution < 1.29 is 4.79 Å². The third kappa shape index (κ3) is 4.98. The Morgan fingerprint density at radius 1 is 1.22 bits per heavy atom. The molecule has 0 aromatic heterocycles. The predicted molar refractivity (Wildman–Crippen MR) is 84.0 cm³/mol. The lowest BCUT2D eigenvalue weighted by Gasteiger charge is -2.22. The van der Waals surface area contributed by atoms with Crippen molar-refractivity contribution in [2.75, 3.05) is 0 Å². The number of thioether (sulfide) groups is 1. The van der Waals surface area contributed by atoms with Gasteiger partial charge in [-0.1, -0.05) is 57.6 Å². The van der Waals surface area contributed by atoms with Crippen LogP contribution in [0, 0.1) is 0 Å². The van der Waals surface area contributed by atoms with Gasteiger partial charge in [0.15, 0.2) is 0 Å². The summed E-state index contributed by atoms with van der Waals surface area (Å²) in [5.41, 5.74) is 0. The minimum Gasteiger partial charge on any atom is -0.304 e. The monoisotopic (exact) mass is 280 g/mol. The molecule has 3 heteroatoms. The SMILES string of the molecule is CCCCC(Sc1ccccc1)C(=O)[Si](C)(C)C. The highest BCUT2D eigenvalue weighted by molar-refractivity contribution is 8.01. The number of carbonyl (C=O) groups excluding carboxylic acids is 1. The molecule has 0 radical (unpaired) electrons. The van der Waals surface area contributed by atoms with Gasteiger partial charge in [-0.3, -0.25) is 0 Å². The van der Waals surface area contributed by atoms with Crippen LogP contribution in [0.15, 0.2) is 35.2 Å². The smallest absolute Gasteiger partial charge is 0.125 e. The molecule has 1 aromatic rings. The second-order valence-corrected chi connectivity index (χ2v) is 11.9. The Morgan fingerprint density at radius 2 is 1.83 bits per heavy atom. The fraction of sp³-hybridized carbons (Fsp3) is 0.533. The van der Waals surface area contributed by atoms with Gasteiger partial charge in [-0.15, -0.1) is 11.8 Å². The van der Waals surface area contributed by atoms with E-state index in [9.17, 15) is 4.79 Å². The van der Waals surface area contributed by atoms with E-state index >= 15 is 0 Å². The highest BCUT2D eigenvalue weighted by Gasteiger charge is 2.31. The molecule has 1 nitrogen and oxygen atoms in total. The topological polar surface area (TPSA) is 17.1 Å². The molecule has 0 fully saturated rings. The van der Waals surface area contributed by atoms with Crippen LogP contribution < -0.4 is 0 Å². The quantitative estimate of drug-likeness (QED) is 0.528. The Hall–Kier alpha value is -0.543. The minimum atomic E-state index is -1.69. The fourth-order valence-corrected chi connectivity index (χ4v) is 5.16. The summed E-state index contributed by atoms with van der Waals surface area (Å²) in [6, 6.07) is 10.3. The standard InChI is InChI=1S/C15H24OSSi/c1-5-6-12-14(15(16)18(2,3)4)17-13-10-8-7-9-11-13/h7-11,14H,5-6,12H2,1-4H3. The van der Waals surface area contributed by atoms with Gasteiger partial charge in [-0.2, -0.15) is 0 Å². The molecule has 0 bridgehead atoms. The average molecular weight is 281 g/mol. The highest BCUT2D eigenvalue weighted by Crippen LogP contribution is 2.29. The summed E-state index contributed by atoms with van der Waals surface area (Å²) >= 11 is 1.75. The molecule has 1 atom stereocenters. The molecule has 1 unspecified atom stereocenters. The lowest BCUT2D eigenvalue weighted by atomic mass is 10.2. The van der Waals surface area contributed by atoms with Gasteiger partial charge < -0.3 is 4.79 Å². The van der Waals surface area contributed by atoms with E-state index < -0.39 is 8.07 Å². The molecule has 1 aromatic carbocycles. The van der Waals surface area contributed by atoms with Crippen molar-refractivity contribution in [2.24, 2.45) is 0 Å². The normalized spacial score (nSPS) is 13.3. The summed E-state index contributed by atoms with van der Waals surface area (Å²) in [6.45, 7) is 8.64. The molecule has 0 heterocycles. The van der Waals surface area contributed by atoms with Crippen LogP contribution in [0.25, 0.3) is 0 Å². The summed E-state index contributed by atoms with van der Waals surface area (Å²) in [7, 11) is -1.69. The Morgan fingerprint density at radius 3 is 2.33 bits per heavy atom. The van der Waals surface area contributed by atoms with Crippen LogP contribution in [0.4, 0.5) is 0 Å². The van der Waals surface area contributed by atoms with Crippen LogP contribution in [-0.2, 0) is 4.79 Å². The fourth-order valence-electron chi connectivity index (χ4n) is 1.78. The Balaban J connectivity index is 2.76. The predicted octanol–water partition coefficient (Wildman–Crippen LogP) is 4.78. The minimum absolute atomic E-state index is 0.152. The van der Waals surface area contributed by atoms with Gasteiger partial charge in [0.05, 0.1) is 5.25 Å². The Labute approximate surface area is 116 Å². The van der Waals surface area contributed by atoms with E-state index in [1.54, 1.807) is 11.8 Å². The van der Waals surface area contributed by atoms with Crippen LogP contribution in [-0.4, -0.2) is 18.7 Å². The molecule has 0 aliphatic carbocycles. The van der Waals surface area contributed by atoms with Crippen LogP contribution in [0.5, 0.6) is 0 Å². The number of unbranched alkanes of at least 4 members (excludes halogenated alkanes) is 1. The number of rotatable bonds is 7. The molecule has 0 spiro atoms. The number of hydrogen-bond acceptors (Lipinski definition) is 2. The van der Waals surface area contributed by atoms with Crippen molar-refractivity contribution >= 4 is 25.2 Å². The molecule has 0 N–H and O–H groups in total. The summed E-state index contributed by atoms with van der Waals surface area (Å²) in [4.78, 5) is 13.7. The van der Waals surface area contributed by atoms with E-state index in [0.717, 1.165) is 19.3 Å². The first kappa shape index (κ1) is 15.5. The van der Waals surface area contributed by atoms with Crippen molar-refractivity contribution in [3.8, 4) is 0 Å². The van der Waals surface area contributed by atoms with Gasteiger partial charge in [0.1, 0.15) is 13.5 Å². The van der Waals surface area contributed by atoms with Crippen LogP contribution >= 0.6 is 11.8 Å². The van der Waals surface area contributed by atoms with Crippen LogP contribution in [0.3, 0.4) is 0 Å². The van der Waals surface area contributed by atoms with E-state index in [-0.39, 0.29) is 5.25 Å². The third-order valence-electron chi connectivity index (χ3n) is 2.87. The van der Waals surface area contributed by atoms with E-state index in [0.29, 0.717) is 5.41 Å². The first-order valence-electron chi connectivity index (χ1n) is 6.71. The number of benzene rings is 1. The highest BCUT2D eigenvalue weighted by atomic mass is 32.2. The second kappa shape index (κ2) is 7.15. The van der Waals surface area contributed by atoms with Gasteiger partial charge in [-0.05, 0) is 18.6 Å². The lowest BCUT2D eigenvalue weighted by Crippen LogP contribution is -2.40. The maximum absolute atomic E-state index is 12.5. The Kier molecular flexibility index (Phi) is 6.16. The van der Waals surface area contributed by atoms with Crippen LogP contribution in [0.2, 0.25) is 19.6 Å². The zero-order chi connectivity index (χ0) is 13.6. The van der Waals surface area contributed by atoms with Crippen molar-refractivity contribution in [2.45, 2.75) is 56.0 Å². The third-order valence-corrected chi connectivity index (χ3v) is 6.19. The molecule has 18 heavy (non-hydrogen) atoms. The largest absolute Gasteiger partial charge is 0.304 e. The molecule has 0 saturated carbocycles. The second-order valence-electron chi connectivity index (χ2n) is 5.68. The van der Waals surface area contributed by atoms with Crippen LogP contribution in [0.1, 0.15) is 26.2 Å². The van der Waals surface area contributed by atoms with Gasteiger partial charge in [0.25, 0.3) is 0 Å². The average Bonchev–Trinajstić information content (AvgIpc) is 2.33. The Bertz CT molecular complexity index is 370. The summed E-state index contributed by atoms with van der Waals surface area (Å²) in [5.74, 6) is 0. The van der Waals surface area contributed by atoms with Gasteiger partial charge in [0.2, 0.25) is 0 Å². The van der Waals surface area contributed by atoms with Crippen molar-refractivity contribution in [3.05, 3.63) is 30.3 Å². The van der Waals surface area contributed by atoms with E-state index in [2.05, 4.69) is 38.7 Å². The molecule has 0 amide bonds. The van der Waals surface area contributed by atoms with E-state index in [1.165, 1.54) is 4.90 Å². The molecule has 0 aliphatic rings. The van der Waals surface area contributed by atoms with Crippen molar-refractivity contribution in [1.29, 1.82) is 0 Å². The van der Waals surface area contributed by atoms with Crippen molar-refractivity contribution in [3.63, 3.8) is 0 Å². The molecular formula is C15H24OSSi. The molecule has 0 aliphatic heterocycles. The van der Waals surface area contributed by atoms with Gasteiger partial charge >= 0.3 is 0 Å². The van der Waals surface area contributed by atoms with Crippen molar-refractivity contribution in [1.82, 2.24) is 0 Å². The first-order chi connectivity index (χ1) is 8.45. The number of hydrogen-bond donors (Lipinski definition) is 0. The lowest BCUT2D eigenvalue weighted by molar-refractivity contribution is -0.112. The zero-order valence-corrected chi connectivity index (χ0v) is 13.7. The molecule has 100 valence electrons. The van der Waals surface area contributed by atoms with E-state index in [1.807, 2.05) is 18.2 Å². The van der Waals surface area contributed by atoms with E-state index in [4.69, 9.17) is 0 Å².